The molecular weight excluding hydrogens is 482 g/mol. The average Bonchev–Trinajstić information content (AvgIpc) is 2.85. The van der Waals surface area contributed by atoms with Crippen LogP contribution >= 0.6 is 24.0 Å². The highest BCUT2D eigenvalue weighted by Gasteiger charge is 2.35. The van der Waals surface area contributed by atoms with Crippen molar-refractivity contribution in [3.05, 3.63) is 58.9 Å². The second-order valence-electron chi connectivity index (χ2n) is 8.91. The minimum Gasteiger partial charge on any atom is -0.493 e. The number of nitrogens with zero attached hydrogens (tertiary/aromatic N) is 1. The number of halogens is 3. The van der Waals surface area contributed by atoms with Gasteiger partial charge in [-0.3, -0.25) is 4.79 Å². The molecule has 1 amide bonds. The van der Waals surface area contributed by atoms with E-state index in [4.69, 9.17) is 21.1 Å². The van der Waals surface area contributed by atoms with Crippen LogP contribution in [0.3, 0.4) is 0 Å². The number of aliphatic hydroxyl groups is 1. The van der Waals surface area contributed by atoms with Gasteiger partial charge in [-0.05, 0) is 81.1 Å². The summed E-state index contributed by atoms with van der Waals surface area (Å²) in [6, 6.07) is 11.4. The Morgan fingerprint density at radius 1 is 1.09 bits per heavy atom. The summed E-state index contributed by atoms with van der Waals surface area (Å²) < 4.78 is 25.0. The normalized spacial score (nSPS) is 18.1. The summed E-state index contributed by atoms with van der Waals surface area (Å²) in [5, 5.41) is 14.2. The third kappa shape index (κ3) is 6.98. The van der Waals surface area contributed by atoms with Gasteiger partial charge in [0.25, 0.3) is 5.91 Å². The largest absolute Gasteiger partial charge is 0.493 e. The molecule has 0 atom stereocenters. The molecule has 2 fully saturated rings. The summed E-state index contributed by atoms with van der Waals surface area (Å²) in [5.41, 5.74) is -0.471. The maximum atomic E-state index is 13.6. The minimum atomic E-state index is -1.07. The first kappa shape index (κ1) is 26.5. The molecule has 34 heavy (non-hydrogen) atoms. The second kappa shape index (κ2) is 12.1. The molecule has 186 valence electrons. The van der Waals surface area contributed by atoms with E-state index in [9.17, 15) is 14.3 Å². The van der Waals surface area contributed by atoms with Crippen molar-refractivity contribution in [1.82, 2.24) is 10.2 Å². The van der Waals surface area contributed by atoms with Gasteiger partial charge in [0.05, 0.1) is 11.6 Å². The first-order valence-electron chi connectivity index (χ1n) is 11.4. The van der Waals surface area contributed by atoms with Gasteiger partial charge in [0, 0.05) is 24.7 Å². The smallest absolute Gasteiger partial charge is 0.253 e. The van der Waals surface area contributed by atoms with Crippen LogP contribution in [0.25, 0.3) is 0 Å². The third-order valence-corrected chi connectivity index (χ3v) is 6.73. The molecule has 0 aliphatic carbocycles. The first-order valence-corrected chi connectivity index (χ1v) is 11.8. The fraction of sp³-hybridized carbons (Fsp3) is 0.480. The number of carbonyl (C=O) groups excluding carboxylic acids is 1. The van der Waals surface area contributed by atoms with Crippen LogP contribution in [0.5, 0.6) is 11.5 Å². The van der Waals surface area contributed by atoms with Gasteiger partial charge in [-0.15, -0.1) is 12.4 Å². The lowest BCUT2D eigenvalue weighted by Gasteiger charge is -2.38. The number of likely N-dealkylation sites (tertiary alicyclic amines) is 1. The summed E-state index contributed by atoms with van der Waals surface area (Å²) in [6.07, 6.45) is 3.01. The molecule has 2 heterocycles. The number of hydrogen-bond acceptors (Lipinski definition) is 5. The zero-order valence-corrected chi connectivity index (χ0v) is 20.5. The van der Waals surface area contributed by atoms with E-state index in [0.717, 1.165) is 31.7 Å². The highest BCUT2D eigenvalue weighted by Crippen LogP contribution is 2.27. The van der Waals surface area contributed by atoms with Gasteiger partial charge in [-0.2, -0.15) is 0 Å². The Morgan fingerprint density at radius 3 is 2.38 bits per heavy atom. The van der Waals surface area contributed by atoms with E-state index in [2.05, 4.69) is 5.32 Å². The van der Waals surface area contributed by atoms with Crippen LogP contribution in [0, 0.1) is 11.7 Å². The summed E-state index contributed by atoms with van der Waals surface area (Å²) >= 11 is 5.68. The minimum absolute atomic E-state index is 0. The second-order valence-corrected chi connectivity index (χ2v) is 9.32. The molecule has 2 aromatic carbocycles. The molecule has 0 unspecified atom stereocenters. The van der Waals surface area contributed by atoms with E-state index in [1.54, 1.807) is 23.1 Å². The van der Waals surface area contributed by atoms with Gasteiger partial charge in [0.1, 0.15) is 29.5 Å². The van der Waals surface area contributed by atoms with Crippen LogP contribution in [0.4, 0.5) is 4.39 Å². The van der Waals surface area contributed by atoms with Crippen molar-refractivity contribution in [2.24, 2.45) is 5.92 Å². The number of ether oxygens (including phenoxy) is 2. The molecule has 2 N–H and O–H groups in total. The van der Waals surface area contributed by atoms with Crippen LogP contribution in [0.2, 0.25) is 5.02 Å². The van der Waals surface area contributed by atoms with E-state index in [-0.39, 0.29) is 29.9 Å². The molecular formula is C25H31Cl2FN2O4. The first-order chi connectivity index (χ1) is 15.9. The van der Waals surface area contributed by atoms with E-state index >= 15 is 0 Å². The van der Waals surface area contributed by atoms with Crippen LogP contribution in [-0.4, -0.2) is 60.9 Å². The van der Waals surface area contributed by atoms with Crippen molar-refractivity contribution in [3.8, 4) is 11.5 Å². The van der Waals surface area contributed by atoms with E-state index in [0.29, 0.717) is 49.8 Å². The maximum absolute atomic E-state index is 13.6. The Morgan fingerprint density at radius 2 is 1.74 bits per heavy atom. The van der Waals surface area contributed by atoms with Crippen molar-refractivity contribution in [1.29, 1.82) is 0 Å². The SMILES string of the molecule is Cl.O=C(c1ccc(OCC2CCNCC2)cc1)N1CCC(O)(COc2ccc(Cl)c(F)c2)CC1. The summed E-state index contributed by atoms with van der Waals surface area (Å²) in [4.78, 5) is 14.6. The topological polar surface area (TPSA) is 71.0 Å². The van der Waals surface area contributed by atoms with E-state index in [1.807, 2.05) is 12.1 Å². The molecule has 2 aliphatic heterocycles. The number of piperidine rings is 2. The zero-order chi connectivity index (χ0) is 23.3. The molecule has 2 aliphatic rings. The van der Waals surface area contributed by atoms with Crippen molar-refractivity contribution in [2.45, 2.75) is 31.3 Å². The Balaban J connectivity index is 0.00000324. The predicted octanol–water partition coefficient (Wildman–Crippen LogP) is 4.33. The summed E-state index contributed by atoms with van der Waals surface area (Å²) in [6.45, 7) is 3.64. The number of rotatable bonds is 7. The standard InChI is InChI=1S/C25H30ClFN2O4.ClH/c26-22-6-5-21(15-23(22)27)33-17-25(31)9-13-29(14-10-25)24(30)19-1-3-20(4-2-19)32-16-18-7-11-28-12-8-18;/h1-6,15,18,28,31H,7-14,16-17H2;1H. The molecule has 0 saturated carbocycles. The van der Waals surface area contributed by atoms with Crippen molar-refractivity contribution < 1.29 is 23.8 Å². The van der Waals surface area contributed by atoms with Gasteiger partial charge in [-0.25, -0.2) is 4.39 Å². The quantitative estimate of drug-likeness (QED) is 0.577. The average molecular weight is 513 g/mol. The Labute approximate surface area is 210 Å². The third-order valence-electron chi connectivity index (χ3n) is 6.43. The Hall–Kier alpha value is -2.06. The summed E-state index contributed by atoms with van der Waals surface area (Å²) in [5.74, 6) is 1.02. The predicted molar refractivity (Wildman–Crippen MR) is 132 cm³/mol. The Bertz CT molecular complexity index is 946. The molecule has 0 spiro atoms. The van der Waals surface area contributed by atoms with Crippen LogP contribution in [0.15, 0.2) is 42.5 Å². The number of amides is 1. The fourth-order valence-corrected chi connectivity index (χ4v) is 4.31. The van der Waals surface area contributed by atoms with Crippen molar-refractivity contribution >= 4 is 29.9 Å². The molecule has 0 aromatic heterocycles. The van der Waals surface area contributed by atoms with Crippen LogP contribution < -0.4 is 14.8 Å². The lowest BCUT2D eigenvalue weighted by atomic mass is 9.92. The number of benzene rings is 2. The molecule has 4 rings (SSSR count). The molecule has 0 radical (unpaired) electrons. The fourth-order valence-electron chi connectivity index (χ4n) is 4.19. The van der Waals surface area contributed by atoms with Gasteiger partial charge in [0.2, 0.25) is 0 Å². The maximum Gasteiger partial charge on any atom is 0.253 e. The zero-order valence-electron chi connectivity index (χ0n) is 19.0. The van der Waals surface area contributed by atoms with Gasteiger partial charge in [-0.1, -0.05) is 11.6 Å². The molecule has 2 saturated heterocycles. The highest BCUT2D eigenvalue weighted by molar-refractivity contribution is 6.30. The highest BCUT2D eigenvalue weighted by atomic mass is 35.5. The van der Waals surface area contributed by atoms with Gasteiger partial charge in [0.15, 0.2) is 0 Å². The lowest BCUT2D eigenvalue weighted by Crippen LogP contribution is -2.49. The van der Waals surface area contributed by atoms with Gasteiger partial charge < -0.3 is 24.8 Å². The number of nitrogens with one attached hydrogen (secondary N) is 1. The van der Waals surface area contributed by atoms with Crippen molar-refractivity contribution in [2.75, 3.05) is 39.4 Å². The van der Waals surface area contributed by atoms with Gasteiger partial charge >= 0.3 is 0 Å². The van der Waals surface area contributed by atoms with Crippen LogP contribution in [-0.2, 0) is 0 Å². The molecule has 0 bridgehead atoms. The molecule has 6 nitrogen and oxygen atoms in total. The molecule has 2 aromatic rings. The number of carbonyl (C=O) groups is 1. The Kier molecular flexibility index (Phi) is 9.42. The molecule has 9 heteroatoms. The van der Waals surface area contributed by atoms with E-state index in [1.165, 1.54) is 12.1 Å². The van der Waals surface area contributed by atoms with E-state index < -0.39 is 11.4 Å². The summed E-state index contributed by atoms with van der Waals surface area (Å²) in [7, 11) is 0. The monoisotopic (exact) mass is 512 g/mol. The van der Waals surface area contributed by atoms with Crippen molar-refractivity contribution in [3.63, 3.8) is 0 Å². The van der Waals surface area contributed by atoms with Crippen LogP contribution in [0.1, 0.15) is 36.0 Å². The number of hydrogen-bond donors (Lipinski definition) is 2. The lowest BCUT2D eigenvalue weighted by molar-refractivity contribution is -0.0476.